The van der Waals surface area contributed by atoms with E-state index in [0.717, 1.165) is 23.6 Å². The van der Waals surface area contributed by atoms with E-state index in [1.165, 1.54) is 25.7 Å². The molecule has 0 N–H and O–H groups in total. The molecular weight excluding hydrogens is 204 g/mol. The van der Waals surface area contributed by atoms with E-state index >= 15 is 0 Å². The van der Waals surface area contributed by atoms with Crippen LogP contribution in [-0.2, 0) is 0 Å². The van der Waals surface area contributed by atoms with Gasteiger partial charge in [0.1, 0.15) is 0 Å². The van der Waals surface area contributed by atoms with Crippen LogP contribution in [0, 0.1) is 23.7 Å². The lowest BCUT2D eigenvalue weighted by Gasteiger charge is -2.21. The van der Waals surface area contributed by atoms with E-state index < -0.39 is 0 Å². The maximum Gasteiger partial charge on any atom is 0.0249 e. The minimum atomic E-state index is 0.678. The first-order valence-electron chi connectivity index (χ1n) is 6.55. The van der Waals surface area contributed by atoms with Crippen LogP contribution in [0.3, 0.4) is 0 Å². The topological polar surface area (TPSA) is 0 Å². The van der Waals surface area contributed by atoms with Crippen LogP contribution in [0.2, 0.25) is 0 Å². The third-order valence-corrected chi connectivity index (χ3v) is 3.90. The lowest BCUT2D eigenvalue weighted by atomic mass is 9.85. The minimum absolute atomic E-state index is 0.678. The second kappa shape index (κ2) is 8.44. The molecule has 0 saturated heterocycles. The summed E-state index contributed by atoms with van der Waals surface area (Å²) >= 11 is 5.84. The molecule has 0 rings (SSSR count). The summed E-state index contributed by atoms with van der Waals surface area (Å²) in [6.45, 7) is 11.7. The van der Waals surface area contributed by atoms with Gasteiger partial charge in [-0.1, -0.05) is 41.0 Å². The van der Waals surface area contributed by atoms with Gasteiger partial charge in [-0.15, -0.1) is 11.6 Å². The van der Waals surface area contributed by atoms with E-state index in [1.807, 2.05) is 0 Å². The van der Waals surface area contributed by atoms with Crippen molar-refractivity contribution in [2.24, 2.45) is 23.7 Å². The molecule has 0 saturated carbocycles. The van der Waals surface area contributed by atoms with E-state index in [4.69, 9.17) is 11.6 Å². The largest absolute Gasteiger partial charge is 0.126 e. The van der Waals surface area contributed by atoms with Crippen molar-refractivity contribution in [1.82, 2.24) is 0 Å². The van der Waals surface area contributed by atoms with Gasteiger partial charge in [-0.3, -0.25) is 0 Å². The van der Waals surface area contributed by atoms with Gasteiger partial charge in [0.25, 0.3) is 0 Å². The van der Waals surface area contributed by atoms with Gasteiger partial charge >= 0.3 is 0 Å². The van der Waals surface area contributed by atoms with Gasteiger partial charge in [0.2, 0.25) is 0 Å². The van der Waals surface area contributed by atoms with Gasteiger partial charge in [0.15, 0.2) is 0 Å². The highest BCUT2D eigenvalue weighted by Crippen LogP contribution is 2.25. The molecule has 0 radical (unpaired) electrons. The Kier molecular flexibility index (Phi) is 8.61. The van der Waals surface area contributed by atoms with Gasteiger partial charge < -0.3 is 0 Å². The molecule has 0 aliphatic heterocycles. The first-order valence-corrected chi connectivity index (χ1v) is 7.08. The zero-order chi connectivity index (χ0) is 11.8. The van der Waals surface area contributed by atoms with Crippen LogP contribution in [0.4, 0.5) is 0 Å². The van der Waals surface area contributed by atoms with Crippen molar-refractivity contribution in [3.8, 4) is 0 Å². The molecular formula is C14H29Cl. The zero-order valence-electron chi connectivity index (χ0n) is 11.2. The number of hydrogen-bond donors (Lipinski definition) is 0. The molecule has 0 aromatic heterocycles. The Balaban J connectivity index is 3.70. The standard InChI is InChI=1S/C14H29Cl/c1-6-11(2)7-12(3)8-13(4)9-14(5)10-15/h11-14H,6-10H2,1-5H3/t11-,12-,13-,14-/m1/s1. The van der Waals surface area contributed by atoms with Gasteiger partial charge in [-0.05, 0) is 42.9 Å². The van der Waals surface area contributed by atoms with Gasteiger partial charge in [-0.25, -0.2) is 0 Å². The van der Waals surface area contributed by atoms with E-state index in [2.05, 4.69) is 34.6 Å². The molecule has 92 valence electrons. The molecule has 0 spiro atoms. The molecule has 0 bridgehead atoms. The third kappa shape index (κ3) is 8.13. The summed E-state index contributed by atoms with van der Waals surface area (Å²) in [5.74, 6) is 4.08. The van der Waals surface area contributed by atoms with Crippen molar-refractivity contribution >= 4 is 11.6 Å². The maximum atomic E-state index is 5.84. The van der Waals surface area contributed by atoms with Crippen molar-refractivity contribution in [1.29, 1.82) is 0 Å². The highest BCUT2D eigenvalue weighted by Gasteiger charge is 2.13. The summed E-state index contributed by atoms with van der Waals surface area (Å²) in [6.07, 6.45) is 5.35. The van der Waals surface area contributed by atoms with Crippen LogP contribution in [0.1, 0.15) is 60.3 Å². The fraction of sp³-hybridized carbons (Fsp3) is 1.00. The molecule has 0 aliphatic rings. The Morgan fingerprint density at radius 2 is 1.13 bits per heavy atom. The second-order valence-corrected chi connectivity index (χ2v) is 6.00. The minimum Gasteiger partial charge on any atom is -0.126 e. The Bertz CT molecular complexity index is 128. The molecule has 0 aromatic rings. The average Bonchev–Trinajstić information content (AvgIpc) is 2.16. The predicted octanol–water partition coefficient (Wildman–Crippen LogP) is 5.35. The third-order valence-electron chi connectivity index (χ3n) is 3.37. The molecule has 0 aromatic carbocycles. The Hall–Kier alpha value is 0.290. The smallest absolute Gasteiger partial charge is 0.0249 e. The van der Waals surface area contributed by atoms with Crippen molar-refractivity contribution in [3.63, 3.8) is 0 Å². The van der Waals surface area contributed by atoms with Crippen molar-refractivity contribution in [3.05, 3.63) is 0 Å². The Labute approximate surface area is 102 Å². The first-order chi connectivity index (χ1) is 6.99. The van der Waals surface area contributed by atoms with Crippen LogP contribution < -0.4 is 0 Å². The van der Waals surface area contributed by atoms with Crippen molar-refractivity contribution in [2.75, 3.05) is 5.88 Å². The SMILES string of the molecule is CC[C@@H](C)C[C@@H](C)C[C@@H](C)C[C@@H](C)CCl. The highest BCUT2D eigenvalue weighted by atomic mass is 35.5. The van der Waals surface area contributed by atoms with E-state index in [9.17, 15) is 0 Å². The van der Waals surface area contributed by atoms with Crippen LogP contribution in [0.25, 0.3) is 0 Å². The van der Waals surface area contributed by atoms with Crippen LogP contribution in [0.5, 0.6) is 0 Å². The summed E-state index contributed by atoms with van der Waals surface area (Å²) in [5.41, 5.74) is 0. The Morgan fingerprint density at radius 3 is 1.53 bits per heavy atom. The Morgan fingerprint density at radius 1 is 0.733 bits per heavy atom. The number of rotatable bonds is 8. The molecule has 0 fully saturated rings. The lowest BCUT2D eigenvalue weighted by molar-refractivity contribution is 0.311. The summed E-state index contributed by atoms with van der Waals surface area (Å²) in [6, 6.07) is 0. The fourth-order valence-electron chi connectivity index (χ4n) is 2.48. The predicted molar refractivity (Wildman–Crippen MR) is 71.5 cm³/mol. The summed E-state index contributed by atoms with van der Waals surface area (Å²) < 4.78 is 0. The molecule has 0 amide bonds. The normalized spacial score (nSPS) is 19.6. The maximum absolute atomic E-state index is 5.84. The van der Waals surface area contributed by atoms with Crippen molar-refractivity contribution < 1.29 is 0 Å². The lowest BCUT2D eigenvalue weighted by Crippen LogP contribution is -2.10. The quantitative estimate of drug-likeness (QED) is 0.495. The first kappa shape index (κ1) is 15.3. The summed E-state index contributed by atoms with van der Waals surface area (Å²) in [5, 5.41) is 0. The molecule has 0 unspecified atom stereocenters. The van der Waals surface area contributed by atoms with Crippen LogP contribution in [0.15, 0.2) is 0 Å². The molecule has 15 heavy (non-hydrogen) atoms. The molecule has 0 heterocycles. The van der Waals surface area contributed by atoms with E-state index in [0.29, 0.717) is 5.92 Å². The fourth-order valence-corrected chi connectivity index (χ4v) is 2.61. The van der Waals surface area contributed by atoms with Crippen LogP contribution >= 0.6 is 11.6 Å². The molecule has 4 atom stereocenters. The van der Waals surface area contributed by atoms with Crippen molar-refractivity contribution in [2.45, 2.75) is 60.3 Å². The van der Waals surface area contributed by atoms with Crippen LogP contribution in [-0.4, -0.2) is 5.88 Å². The number of alkyl halides is 1. The average molecular weight is 233 g/mol. The zero-order valence-corrected chi connectivity index (χ0v) is 12.0. The summed E-state index contributed by atoms with van der Waals surface area (Å²) in [7, 11) is 0. The van der Waals surface area contributed by atoms with Gasteiger partial charge in [0.05, 0.1) is 0 Å². The molecule has 0 aliphatic carbocycles. The molecule has 1 heteroatoms. The summed E-state index contributed by atoms with van der Waals surface area (Å²) in [4.78, 5) is 0. The van der Waals surface area contributed by atoms with Gasteiger partial charge in [0, 0.05) is 5.88 Å². The number of hydrogen-bond acceptors (Lipinski definition) is 0. The second-order valence-electron chi connectivity index (χ2n) is 5.69. The highest BCUT2D eigenvalue weighted by molar-refractivity contribution is 6.18. The van der Waals surface area contributed by atoms with E-state index in [1.54, 1.807) is 0 Å². The van der Waals surface area contributed by atoms with E-state index in [-0.39, 0.29) is 0 Å². The number of halogens is 1. The monoisotopic (exact) mass is 232 g/mol. The molecule has 0 nitrogen and oxygen atoms in total. The van der Waals surface area contributed by atoms with Gasteiger partial charge in [-0.2, -0.15) is 0 Å².